The van der Waals surface area contributed by atoms with Crippen LogP contribution in [0.2, 0.25) is 0 Å². The van der Waals surface area contributed by atoms with Gasteiger partial charge in [0, 0.05) is 19.3 Å². The van der Waals surface area contributed by atoms with E-state index < -0.39 is 29.8 Å². The summed E-state index contributed by atoms with van der Waals surface area (Å²) in [4.78, 5) is 41.8. The number of aliphatic carboxylic acids is 4. The third kappa shape index (κ3) is 9.18. The van der Waals surface area contributed by atoms with Gasteiger partial charge in [0.05, 0.1) is 5.92 Å². The van der Waals surface area contributed by atoms with Gasteiger partial charge in [-0.2, -0.15) is 0 Å². The maximum Gasteiger partial charge on any atom is 0.310 e. The Bertz CT molecular complexity index is 853. The second kappa shape index (κ2) is 12.9. The molecule has 2 aromatic carbocycles. The quantitative estimate of drug-likeness (QED) is 0.400. The van der Waals surface area contributed by atoms with E-state index in [-0.39, 0.29) is 19.3 Å². The predicted octanol–water partition coefficient (Wildman–Crippen LogP) is 3.98. The van der Waals surface area contributed by atoms with E-state index in [0.717, 1.165) is 16.3 Å². The lowest BCUT2D eigenvalue weighted by atomic mass is 9.89. The van der Waals surface area contributed by atoms with Crippen LogP contribution in [0.15, 0.2) is 42.5 Å². The first-order valence-electron chi connectivity index (χ1n) is 9.58. The fourth-order valence-electron chi connectivity index (χ4n) is 2.98. The number of rotatable bonds is 11. The van der Waals surface area contributed by atoms with Gasteiger partial charge in [0.1, 0.15) is 0 Å². The van der Waals surface area contributed by atoms with Crippen LogP contribution in [0, 0.1) is 0 Å². The Hall–Kier alpha value is -3.42. The molecule has 0 spiro atoms. The highest BCUT2D eigenvalue weighted by Crippen LogP contribution is 2.29. The summed E-state index contributed by atoms with van der Waals surface area (Å²) in [5.41, 5.74) is 0.751. The Labute approximate surface area is 173 Å². The molecule has 0 heterocycles. The fourth-order valence-corrected chi connectivity index (χ4v) is 2.98. The number of fused-ring (bicyclic) bond motifs is 1. The van der Waals surface area contributed by atoms with Gasteiger partial charge in [-0.3, -0.25) is 19.2 Å². The van der Waals surface area contributed by atoms with Crippen molar-refractivity contribution < 1.29 is 39.6 Å². The van der Waals surface area contributed by atoms with Crippen LogP contribution in [0.5, 0.6) is 0 Å². The van der Waals surface area contributed by atoms with E-state index in [4.69, 9.17) is 15.3 Å². The van der Waals surface area contributed by atoms with E-state index >= 15 is 0 Å². The van der Waals surface area contributed by atoms with E-state index in [1.165, 1.54) is 0 Å². The third-order valence-corrected chi connectivity index (χ3v) is 4.41. The molecule has 0 saturated carbocycles. The van der Waals surface area contributed by atoms with Crippen molar-refractivity contribution in [3.05, 3.63) is 48.0 Å². The lowest BCUT2D eigenvalue weighted by molar-refractivity contribution is -0.140. The zero-order valence-corrected chi connectivity index (χ0v) is 16.5. The first kappa shape index (κ1) is 24.6. The molecule has 0 bridgehead atoms. The monoisotopic (exact) mass is 418 g/mol. The Kier molecular flexibility index (Phi) is 10.6. The lowest BCUT2D eigenvalue weighted by Gasteiger charge is -2.14. The van der Waals surface area contributed by atoms with Gasteiger partial charge in [0.2, 0.25) is 0 Å². The standard InChI is InChI=1S/C16H16O4.C6H10O4/c17-15(18)10-4-9-14(16(19)20)13-8-3-6-11-5-1-2-7-12(11)13;7-5(8)3-1-2-4-6(9)10/h1-3,5-8,14H,4,9-10H2,(H,17,18)(H,19,20);1-4H2,(H,7,8)(H,9,10). The van der Waals surface area contributed by atoms with Crippen LogP contribution >= 0.6 is 0 Å². The minimum atomic E-state index is -0.910. The summed E-state index contributed by atoms with van der Waals surface area (Å²) in [5, 5.41) is 36.2. The number of carboxylic acid groups (broad SMARTS) is 4. The maximum absolute atomic E-state index is 11.5. The number of unbranched alkanes of at least 4 members (excludes halogenated alkanes) is 1. The predicted molar refractivity (Wildman–Crippen MR) is 110 cm³/mol. The number of carbonyl (C=O) groups is 4. The number of hydrogen-bond acceptors (Lipinski definition) is 4. The minimum absolute atomic E-state index is 0.00541. The van der Waals surface area contributed by atoms with E-state index in [1.807, 2.05) is 42.5 Å². The van der Waals surface area contributed by atoms with Gasteiger partial charge in [0.15, 0.2) is 0 Å². The molecule has 1 atom stereocenters. The van der Waals surface area contributed by atoms with Crippen molar-refractivity contribution in [3.8, 4) is 0 Å². The topological polar surface area (TPSA) is 149 Å². The molecule has 2 aromatic rings. The Balaban J connectivity index is 0.000000382. The Morgan fingerprint density at radius 2 is 1.17 bits per heavy atom. The molecule has 4 N–H and O–H groups in total. The molecule has 30 heavy (non-hydrogen) atoms. The molecular weight excluding hydrogens is 392 g/mol. The Morgan fingerprint density at radius 1 is 0.667 bits per heavy atom. The summed E-state index contributed by atoms with van der Waals surface area (Å²) in [6, 6.07) is 13.2. The average Bonchev–Trinajstić information content (AvgIpc) is 2.68. The van der Waals surface area contributed by atoms with Crippen LogP contribution in [0.4, 0.5) is 0 Å². The average molecular weight is 418 g/mol. The van der Waals surface area contributed by atoms with Crippen LogP contribution in [0.3, 0.4) is 0 Å². The van der Waals surface area contributed by atoms with Crippen LogP contribution in [-0.4, -0.2) is 44.3 Å². The van der Waals surface area contributed by atoms with Crippen molar-refractivity contribution >= 4 is 34.6 Å². The van der Waals surface area contributed by atoms with Crippen LogP contribution < -0.4 is 0 Å². The van der Waals surface area contributed by atoms with Gasteiger partial charge in [-0.1, -0.05) is 42.5 Å². The molecule has 0 amide bonds. The second-order valence-corrected chi connectivity index (χ2v) is 6.74. The molecule has 0 fully saturated rings. The summed E-state index contributed by atoms with van der Waals surface area (Å²) >= 11 is 0. The lowest BCUT2D eigenvalue weighted by Crippen LogP contribution is -2.12. The molecule has 8 nitrogen and oxygen atoms in total. The normalized spacial score (nSPS) is 11.2. The molecule has 1 unspecified atom stereocenters. The Morgan fingerprint density at radius 3 is 1.70 bits per heavy atom. The van der Waals surface area contributed by atoms with E-state index in [0.29, 0.717) is 25.7 Å². The second-order valence-electron chi connectivity index (χ2n) is 6.74. The molecule has 0 aliphatic heterocycles. The van der Waals surface area contributed by atoms with E-state index in [9.17, 15) is 24.3 Å². The van der Waals surface area contributed by atoms with Gasteiger partial charge >= 0.3 is 23.9 Å². The van der Waals surface area contributed by atoms with Crippen LogP contribution in [0.25, 0.3) is 10.8 Å². The highest BCUT2D eigenvalue weighted by molar-refractivity contribution is 5.90. The summed E-state index contributed by atoms with van der Waals surface area (Å²) < 4.78 is 0. The molecular formula is C22H26O8. The summed E-state index contributed by atoms with van der Waals surface area (Å²) in [6.45, 7) is 0. The number of benzene rings is 2. The molecule has 0 aliphatic rings. The number of hydrogen-bond donors (Lipinski definition) is 4. The SMILES string of the molecule is O=C(O)CCCC(C(=O)O)c1cccc2ccccc12.O=C(O)CCCCC(=O)O. The fraction of sp³-hybridized carbons (Fsp3) is 0.364. The van der Waals surface area contributed by atoms with Gasteiger partial charge in [-0.25, -0.2) is 0 Å². The molecule has 162 valence electrons. The number of carboxylic acids is 4. The molecule has 2 rings (SSSR count). The summed E-state index contributed by atoms with van der Waals surface area (Å²) in [7, 11) is 0. The molecule has 0 radical (unpaired) electrons. The first-order valence-corrected chi connectivity index (χ1v) is 9.58. The smallest absolute Gasteiger partial charge is 0.310 e. The summed E-state index contributed by atoms with van der Waals surface area (Å²) in [6.07, 6.45) is 1.70. The van der Waals surface area contributed by atoms with Crippen LogP contribution in [0.1, 0.15) is 56.4 Å². The zero-order valence-electron chi connectivity index (χ0n) is 16.5. The largest absolute Gasteiger partial charge is 0.481 e. The summed E-state index contributed by atoms with van der Waals surface area (Å²) in [5.74, 6) is -4.21. The molecule has 8 heteroatoms. The van der Waals surface area contributed by atoms with Crippen molar-refractivity contribution in [2.75, 3.05) is 0 Å². The van der Waals surface area contributed by atoms with Crippen LogP contribution in [-0.2, 0) is 19.2 Å². The maximum atomic E-state index is 11.5. The minimum Gasteiger partial charge on any atom is -0.481 e. The van der Waals surface area contributed by atoms with Gasteiger partial charge in [-0.15, -0.1) is 0 Å². The van der Waals surface area contributed by atoms with Crippen molar-refractivity contribution in [2.45, 2.75) is 50.9 Å². The van der Waals surface area contributed by atoms with Gasteiger partial charge in [0.25, 0.3) is 0 Å². The third-order valence-electron chi connectivity index (χ3n) is 4.41. The molecule has 0 saturated heterocycles. The highest BCUT2D eigenvalue weighted by Gasteiger charge is 2.21. The van der Waals surface area contributed by atoms with Crippen molar-refractivity contribution in [2.24, 2.45) is 0 Å². The van der Waals surface area contributed by atoms with E-state index in [2.05, 4.69) is 0 Å². The van der Waals surface area contributed by atoms with Crippen molar-refractivity contribution in [1.29, 1.82) is 0 Å². The van der Waals surface area contributed by atoms with Crippen molar-refractivity contribution in [3.63, 3.8) is 0 Å². The first-order chi connectivity index (χ1) is 14.2. The molecule has 0 aliphatic carbocycles. The highest BCUT2D eigenvalue weighted by atomic mass is 16.4. The van der Waals surface area contributed by atoms with E-state index in [1.54, 1.807) is 0 Å². The molecule has 0 aromatic heterocycles. The van der Waals surface area contributed by atoms with Gasteiger partial charge < -0.3 is 20.4 Å². The van der Waals surface area contributed by atoms with Crippen molar-refractivity contribution in [1.82, 2.24) is 0 Å². The van der Waals surface area contributed by atoms with Gasteiger partial charge in [-0.05, 0) is 42.0 Å². The zero-order chi connectivity index (χ0) is 22.5.